The minimum absolute atomic E-state index is 0.361. The molecule has 2 fully saturated rings. The molecule has 0 aromatic heterocycles. The van der Waals surface area contributed by atoms with Gasteiger partial charge in [-0.15, -0.1) is 0 Å². The minimum atomic E-state index is -0.616. The van der Waals surface area contributed by atoms with Gasteiger partial charge in [0, 0.05) is 6.42 Å². The van der Waals surface area contributed by atoms with E-state index in [0.29, 0.717) is 23.2 Å². The topological polar surface area (TPSA) is 37.3 Å². The van der Waals surface area contributed by atoms with Crippen LogP contribution in [-0.2, 0) is 4.79 Å². The number of carboxylic acid groups (broad SMARTS) is 1. The Kier molecular flexibility index (Phi) is 3.38. The van der Waals surface area contributed by atoms with Gasteiger partial charge < -0.3 is 5.11 Å². The smallest absolute Gasteiger partial charge is 0.303 e. The van der Waals surface area contributed by atoms with Crippen LogP contribution in [0.5, 0.6) is 0 Å². The van der Waals surface area contributed by atoms with Gasteiger partial charge in [-0.3, -0.25) is 4.79 Å². The highest BCUT2D eigenvalue weighted by Gasteiger charge is 2.62. The van der Waals surface area contributed by atoms with E-state index in [9.17, 15) is 4.79 Å². The van der Waals surface area contributed by atoms with Crippen molar-refractivity contribution < 1.29 is 9.90 Å². The lowest BCUT2D eigenvalue weighted by Crippen LogP contribution is -2.48. The van der Waals surface area contributed by atoms with Gasteiger partial charge in [-0.1, -0.05) is 25.5 Å². The molecule has 0 amide bonds. The second kappa shape index (κ2) is 5.24. The molecule has 0 aromatic carbocycles. The number of carboxylic acids is 1. The Balaban J connectivity index is 1.48. The lowest BCUT2D eigenvalue weighted by molar-refractivity contribution is -0.137. The molecule has 1 N–H and O–H groups in total. The molecular formula is C23H32O2. The van der Waals surface area contributed by atoms with Gasteiger partial charge in [-0.25, -0.2) is 0 Å². The molecule has 0 aliphatic heterocycles. The van der Waals surface area contributed by atoms with E-state index in [4.69, 9.17) is 5.11 Å². The second-order valence-corrected chi connectivity index (χ2v) is 10.1. The van der Waals surface area contributed by atoms with E-state index in [1.54, 1.807) is 11.1 Å². The number of hydrogen-bond donors (Lipinski definition) is 1. The molecule has 2 saturated carbocycles. The molecule has 5 aliphatic carbocycles. The highest BCUT2D eigenvalue weighted by molar-refractivity contribution is 5.66. The van der Waals surface area contributed by atoms with E-state index in [1.807, 2.05) is 5.57 Å². The van der Waals surface area contributed by atoms with Crippen molar-refractivity contribution in [2.75, 3.05) is 0 Å². The van der Waals surface area contributed by atoms with E-state index in [0.717, 1.165) is 24.2 Å². The minimum Gasteiger partial charge on any atom is -0.481 e. The van der Waals surface area contributed by atoms with Gasteiger partial charge in [0.25, 0.3) is 0 Å². The van der Waals surface area contributed by atoms with Gasteiger partial charge in [0.15, 0.2) is 0 Å². The maximum Gasteiger partial charge on any atom is 0.303 e. The average Bonchev–Trinajstić information content (AvgIpc) is 3.28. The van der Waals surface area contributed by atoms with Crippen molar-refractivity contribution in [3.8, 4) is 0 Å². The Morgan fingerprint density at radius 3 is 2.84 bits per heavy atom. The summed E-state index contributed by atoms with van der Waals surface area (Å²) in [6, 6.07) is 0. The van der Waals surface area contributed by atoms with Gasteiger partial charge in [0.05, 0.1) is 0 Å². The zero-order chi connectivity index (χ0) is 17.4. The molecule has 0 saturated heterocycles. The third kappa shape index (κ3) is 2.12. The number of rotatable bonds is 3. The van der Waals surface area contributed by atoms with Crippen LogP contribution in [0.1, 0.15) is 78.1 Å². The second-order valence-electron chi connectivity index (χ2n) is 10.1. The normalized spacial score (nSPS) is 47.4. The lowest BCUT2D eigenvalue weighted by atomic mass is 9.48. The fourth-order valence-electron chi connectivity index (χ4n) is 7.89. The Hall–Kier alpha value is -1.05. The van der Waals surface area contributed by atoms with Crippen molar-refractivity contribution in [1.82, 2.24) is 0 Å². The highest BCUT2D eigenvalue weighted by Crippen LogP contribution is 2.72. The van der Waals surface area contributed by atoms with Crippen LogP contribution in [0, 0.1) is 34.5 Å². The summed E-state index contributed by atoms with van der Waals surface area (Å²) in [6.45, 7) is 5.10. The first kappa shape index (κ1) is 16.1. The highest BCUT2D eigenvalue weighted by atomic mass is 16.4. The van der Waals surface area contributed by atoms with Crippen LogP contribution >= 0.6 is 0 Å². The van der Waals surface area contributed by atoms with Gasteiger partial charge in [-0.2, -0.15) is 0 Å². The predicted molar refractivity (Wildman–Crippen MR) is 99.1 cm³/mol. The third-order valence-electron chi connectivity index (χ3n) is 9.21. The first-order valence-corrected chi connectivity index (χ1v) is 10.6. The number of carbonyl (C=O) groups is 1. The summed E-state index contributed by atoms with van der Waals surface area (Å²) in [5, 5.41) is 9.14. The fraction of sp³-hybridized carbons (Fsp3) is 0.783. The molecule has 5 aliphatic rings. The molecule has 0 spiro atoms. The van der Waals surface area contributed by atoms with Crippen molar-refractivity contribution in [3.63, 3.8) is 0 Å². The van der Waals surface area contributed by atoms with Crippen molar-refractivity contribution in [2.45, 2.75) is 78.1 Å². The number of allylic oxidation sites excluding steroid dienone is 4. The molecule has 0 radical (unpaired) electrons. The van der Waals surface area contributed by atoms with Crippen LogP contribution in [-0.4, -0.2) is 11.1 Å². The van der Waals surface area contributed by atoms with Crippen LogP contribution in [0.15, 0.2) is 22.8 Å². The summed E-state index contributed by atoms with van der Waals surface area (Å²) in [6.07, 6.45) is 14.5. The molecule has 0 unspecified atom stereocenters. The van der Waals surface area contributed by atoms with Gasteiger partial charge in [0.2, 0.25) is 0 Å². The summed E-state index contributed by atoms with van der Waals surface area (Å²) in [7, 11) is 0. The fourth-order valence-corrected chi connectivity index (χ4v) is 7.89. The number of fused-ring (bicyclic) bond motifs is 7. The zero-order valence-corrected chi connectivity index (χ0v) is 15.8. The van der Waals surface area contributed by atoms with Gasteiger partial charge >= 0.3 is 5.97 Å². The monoisotopic (exact) mass is 340 g/mol. The summed E-state index contributed by atoms with van der Waals surface area (Å²) < 4.78 is 0. The van der Waals surface area contributed by atoms with E-state index in [2.05, 4.69) is 19.9 Å². The van der Waals surface area contributed by atoms with E-state index in [-0.39, 0.29) is 0 Å². The molecule has 25 heavy (non-hydrogen) atoms. The van der Waals surface area contributed by atoms with Crippen LogP contribution in [0.25, 0.3) is 0 Å². The molecule has 2 heteroatoms. The standard InChI is InChI=1S/C23H32O2/c1-22-12-10-19-21(18(22)8-6-14(22)7-9-20(24)25)16-13-15(16)17-5-3-4-11-23(17,19)2/h5,14,18-19,21H,3-4,6-13H2,1-2H3,(H,24,25)/t14-,18+,19+,21+,22-,23+/m1/s1. The quantitative estimate of drug-likeness (QED) is 0.711. The average molecular weight is 341 g/mol. The third-order valence-corrected chi connectivity index (χ3v) is 9.21. The predicted octanol–water partition coefficient (Wildman–Crippen LogP) is 5.74. The Bertz CT molecular complexity index is 686. The van der Waals surface area contributed by atoms with Crippen LogP contribution < -0.4 is 0 Å². The lowest BCUT2D eigenvalue weighted by Gasteiger charge is -2.56. The maximum atomic E-state index is 11.1. The summed E-state index contributed by atoms with van der Waals surface area (Å²) in [4.78, 5) is 11.1. The van der Waals surface area contributed by atoms with Gasteiger partial charge in [-0.05, 0) is 103 Å². The van der Waals surface area contributed by atoms with E-state index in [1.165, 1.54) is 51.4 Å². The Morgan fingerprint density at radius 2 is 2.04 bits per heavy atom. The van der Waals surface area contributed by atoms with Crippen molar-refractivity contribution >= 4 is 5.97 Å². The van der Waals surface area contributed by atoms with Crippen molar-refractivity contribution in [3.05, 3.63) is 22.8 Å². The van der Waals surface area contributed by atoms with Crippen LogP contribution in [0.4, 0.5) is 0 Å². The number of aliphatic carboxylic acids is 1. The van der Waals surface area contributed by atoms with Crippen molar-refractivity contribution in [2.24, 2.45) is 34.5 Å². The number of hydrogen-bond acceptors (Lipinski definition) is 1. The SMILES string of the molecule is C[C@]12CC[C@H]3[C@@H](C4=C(C4)C4=CCCC[C@@]43C)[C@@H]1CC[C@@H]2CCC(=O)O. The largest absolute Gasteiger partial charge is 0.481 e. The van der Waals surface area contributed by atoms with Crippen molar-refractivity contribution in [1.29, 1.82) is 0 Å². The maximum absolute atomic E-state index is 11.1. The first-order valence-electron chi connectivity index (χ1n) is 10.6. The molecule has 2 nitrogen and oxygen atoms in total. The Morgan fingerprint density at radius 1 is 1.20 bits per heavy atom. The molecule has 6 atom stereocenters. The molecule has 0 heterocycles. The zero-order valence-electron chi connectivity index (χ0n) is 15.8. The van der Waals surface area contributed by atoms with Gasteiger partial charge in [0.1, 0.15) is 0 Å². The first-order chi connectivity index (χ1) is 11.9. The van der Waals surface area contributed by atoms with Crippen LogP contribution in [0.3, 0.4) is 0 Å². The molecule has 136 valence electrons. The van der Waals surface area contributed by atoms with E-state index >= 15 is 0 Å². The molecule has 0 bridgehead atoms. The summed E-state index contributed by atoms with van der Waals surface area (Å²) in [5.41, 5.74) is 6.16. The molecule has 5 rings (SSSR count). The molecular weight excluding hydrogens is 308 g/mol. The van der Waals surface area contributed by atoms with E-state index < -0.39 is 5.97 Å². The van der Waals surface area contributed by atoms with Crippen LogP contribution in [0.2, 0.25) is 0 Å². The Labute approximate surface area is 151 Å². The molecule has 0 aromatic rings. The summed E-state index contributed by atoms with van der Waals surface area (Å²) in [5.74, 6) is 2.52. The summed E-state index contributed by atoms with van der Waals surface area (Å²) >= 11 is 0.